The SMILES string of the molecule is CC(C)CCOC(=O)c1snnc1-c1ccc(F)cc1. The Morgan fingerprint density at radius 1 is 1.35 bits per heavy atom. The molecule has 1 aromatic carbocycles. The second kappa shape index (κ2) is 6.56. The lowest BCUT2D eigenvalue weighted by Crippen LogP contribution is -2.07. The molecule has 4 nitrogen and oxygen atoms in total. The molecule has 0 saturated heterocycles. The number of carbonyl (C=O) groups excluding carboxylic acids is 1. The molecule has 0 spiro atoms. The summed E-state index contributed by atoms with van der Waals surface area (Å²) in [6.45, 7) is 4.50. The maximum atomic E-state index is 12.9. The van der Waals surface area contributed by atoms with Crippen LogP contribution in [0.4, 0.5) is 4.39 Å². The first-order valence-electron chi connectivity index (χ1n) is 6.33. The quantitative estimate of drug-likeness (QED) is 0.791. The van der Waals surface area contributed by atoms with Crippen molar-refractivity contribution in [3.63, 3.8) is 0 Å². The molecule has 0 unspecified atom stereocenters. The number of carbonyl (C=O) groups is 1. The number of benzene rings is 1. The number of hydrogen-bond donors (Lipinski definition) is 0. The van der Waals surface area contributed by atoms with Gasteiger partial charge < -0.3 is 4.74 Å². The first-order valence-corrected chi connectivity index (χ1v) is 7.10. The van der Waals surface area contributed by atoms with E-state index >= 15 is 0 Å². The Morgan fingerprint density at radius 2 is 2.05 bits per heavy atom. The van der Waals surface area contributed by atoms with Crippen molar-refractivity contribution in [2.45, 2.75) is 20.3 Å². The maximum Gasteiger partial charge on any atom is 0.352 e. The Labute approximate surface area is 120 Å². The van der Waals surface area contributed by atoms with Gasteiger partial charge >= 0.3 is 5.97 Å². The summed E-state index contributed by atoms with van der Waals surface area (Å²) in [7, 11) is 0. The summed E-state index contributed by atoms with van der Waals surface area (Å²) in [6, 6.07) is 5.78. The summed E-state index contributed by atoms with van der Waals surface area (Å²) < 4.78 is 21.9. The second-order valence-corrected chi connectivity index (χ2v) is 5.53. The minimum Gasteiger partial charge on any atom is -0.461 e. The lowest BCUT2D eigenvalue weighted by molar-refractivity contribution is 0.0494. The van der Waals surface area contributed by atoms with E-state index in [0.717, 1.165) is 18.0 Å². The van der Waals surface area contributed by atoms with Crippen LogP contribution >= 0.6 is 11.5 Å². The average molecular weight is 294 g/mol. The van der Waals surface area contributed by atoms with E-state index in [-0.39, 0.29) is 5.82 Å². The van der Waals surface area contributed by atoms with E-state index in [9.17, 15) is 9.18 Å². The van der Waals surface area contributed by atoms with Gasteiger partial charge in [0.1, 0.15) is 11.5 Å². The van der Waals surface area contributed by atoms with E-state index in [1.807, 2.05) is 0 Å². The number of nitrogens with zero attached hydrogens (tertiary/aromatic N) is 2. The van der Waals surface area contributed by atoms with Gasteiger partial charge in [0.15, 0.2) is 4.88 Å². The third-order valence-electron chi connectivity index (χ3n) is 2.72. The Balaban J connectivity index is 2.12. The van der Waals surface area contributed by atoms with Gasteiger partial charge in [-0.15, -0.1) is 5.10 Å². The van der Waals surface area contributed by atoms with E-state index in [4.69, 9.17) is 4.74 Å². The van der Waals surface area contributed by atoms with Crippen LogP contribution in [-0.2, 0) is 4.74 Å². The third-order valence-corrected chi connectivity index (χ3v) is 3.43. The zero-order valence-corrected chi connectivity index (χ0v) is 12.1. The van der Waals surface area contributed by atoms with Gasteiger partial charge in [0.2, 0.25) is 0 Å². The monoisotopic (exact) mass is 294 g/mol. The summed E-state index contributed by atoms with van der Waals surface area (Å²) in [6.07, 6.45) is 0.809. The molecule has 0 radical (unpaired) electrons. The molecule has 6 heteroatoms. The molecule has 2 aromatic rings. The van der Waals surface area contributed by atoms with Crippen molar-refractivity contribution in [2.75, 3.05) is 6.61 Å². The first-order chi connectivity index (χ1) is 9.58. The van der Waals surface area contributed by atoms with Crippen LogP contribution in [0.2, 0.25) is 0 Å². The fraction of sp³-hybridized carbons (Fsp3) is 0.357. The largest absolute Gasteiger partial charge is 0.461 e. The minimum absolute atomic E-state index is 0.335. The molecule has 20 heavy (non-hydrogen) atoms. The highest BCUT2D eigenvalue weighted by Crippen LogP contribution is 2.24. The van der Waals surface area contributed by atoms with E-state index in [0.29, 0.717) is 28.7 Å². The summed E-state index contributed by atoms with van der Waals surface area (Å²) >= 11 is 0.986. The highest BCUT2D eigenvalue weighted by Gasteiger charge is 2.19. The number of aromatic nitrogens is 2. The molecule has 0 amide bonds. The number of hydrogen-bond acceptors (Lipinski definition) is 5. The summed E-state index contributed by atoms with van der Waals surface area (Å²) in [5, 5.41) is 3.93. The standard InChI is InChI=1S/C14H15FN2O2S/c1-9(2)7-8-19-14(18)13-12(16-17-20-13)10-3-5-11(15)6-4-10/h3-6,9H,7-8H2,1-2H3. The molecule has 0 atom stereocenters. The molecule has 0 N–H and O–H groups in total. The Bertz CT molecular complexity index is 581. The number of rotatable bonds is 5. The van der Waals surface area contributed by atoms with Crippen molar-refractivity contribution in [3.8, 4) is 11.3 Å². The van der Waals surface area contributed by atoms with Crippen molar-refractivity contribution in [1.82, 2.24) is 9.59 Å². The van der Waals surface area contributed by atoms with Crippen LogP contribution in [0, 0.1) is 11.7 Å². The molecular formula is C14H15FN2O2S. The van der Waals surface area contributed by atoms with Crippen LogP contribution < -0.4 is 0 Å². The molecule has 2 rings (SSSR count). The van der Waals surface area contributed by atoms with E-state index in [1.54, 1.807) is 12.1 Å². The van der Waals surface area contributed by atoms with Gasteiger partial charge in [-0.25, -0.2) is 9.18 Å². The number of esters is 1. The zero-order valence-electron chi connectivity index (χ0n) is 11.3. The molecule has 0 fully saturated rings. The van der Waals surface area contributed by atoms with Crippen LogP contribution in [0.3, 0.4) is 0 Å². The van der Waals surface area contributed by atoms with Gasteiger partial charge in [-0.05, 0) is 48.1 Å². The predicted molar refractivity (Wildman–Crippen MR) is 75.0 cm³/mol. The highest BCUT2D eigenvalue weighted by atomic mass is 32.1. The first kappa shape index (κ1) is 14.6. The highest BCUT2D eigenvalue weighted by molar-refractivity contribution is 7.08. The maximum absolute atomic E-state index is 12.9. The Kier molecular flexibility index (Phi) is 4.79. The Hall–Kier alpha value is -1.82. The Morgan fingerprint density at radius 3 is 2.70 bits per heavy atom. The van der Waals surface area contributed by atoms with Crippen molar-refractivity contribution < 1.29 is 13.9 Å². The van der Waals surface area contributed by atoms with Crippen LogP contribution in [-0.4, -0.2) is 22.2 Å². The second-order valence-electron chi connectivity index (χ2n) is 4.78. The fourth-order valence-corrected chi connectivity index (χ4v) is 2.16. The van der Waals surface area contributed by atoms with Crippen LogP contribution in [0.1, 0.15) is 29.9 Å². The molecule has 0 aliphatic rings. The van der Waals surface area contributed by atoms with Gasteiger partial charge in [-0.2, -0.15) is 0 Å². The summed E-state index contributed by atoms with van der Waals surface area (Å²) in [4.78, 5) is 12.3. The fourth-order valence-electron chi connectivity index (χ4n) is 1.57. The van der Waals surface area contributed by atoms with E-state index in [2.05, 4.69) is 23.4 Å². The molecular weight excluding hydrogens is 279 g/mol. The van der Waals surface area contributed by atoms with Gasteiger partial charge in [0.25, 0.3) is 0 Å². The van der Waals surface area contributed by atoms with E-state index < -0.39 is 5.97 Å². The molecule has 1 aromatic heterocycles. The van der Waals surface area contributed by atoms with Crippen LogP contribution in [0.5, 0.6) is 0 Å². The zero-order chi connectivity index (χ0) is 14.5. The molecule has 0 saturated carbocycles. The van der Waals surface area contributed by atoms with E-state index in [1.165, 1.54) is 12.1 Å². The smallest absolute Gasteiger partial charge is 0.352 e. The lowest BCUT2D eigenvalue weighted by atomic mass is 10.1. The molecule has 0 aliphatic heterocycles. The minimum atomic E-state index is -0.431. The topological polar surface area (TPSA) is 52.1 Å². The van der Waals surface area contributed by atoms with Gasteiger partial charge in [-0.1, -0.05) is 18.3 Å². The molecule has 1 heterocycles. The van der Waals surface area contributed by atoms with Crippen molar-refractivity contribution in [1.29, 1.82) is 0 Å². The molecule has 106 valence electrons. The number of ether oxygens (including phenoxy) is 1. The van der Waals surface area contributed by atoms with Crippen molar-refractivity contribution in [2.24, 2.45) is 5.92 Å². The van der Waals surface area contributed by atoms with Crippen molar-refractivity contribution in [3.05, 3.63) is 35.0 Å². The number of halogens is 1. The lowest BCUT2D eigenvalue weighted by Gasteiger charge is -2.06. The van der Waals surface area contributed by atoms with Gasteiger partial charge in [0, 0.05) is 5.56 Å². The van der Waals surface area contributed by atoms with Crippen molar-refractivity contribution >= 4 is 17.5 Å². The van der Waals surface area contributed by atoms with Gasteiger partial charge in [-0.3, -0.25) is 0 Å². The molecule has 0 bridgehead atoms. The summed E-state index contributed by atoms with van der Waals surface area (Å²) in [5.74, 6) is -0.295. The van der Waals surface area contributed by atoms with Crippen LogP contribution in [0.15, 0.2) is 24.3 Å². The molecule has 0 aliphatic carbocycles. The summed E-state index contributed by atoms with van der Waals surface area (Å²) in [5.41, 5.74) is 1.08. The average Bonchev–Trinajstić information content (AvgIpc) is 2.88. The van der Waals surface area contributed by atoms with Gasteiger partial charge in [0.05, 0.1) is 6.61 Å². The third kappa shape index (κ3) is 3.60. The normalized spacial score (nSPS) is 10.8. The predicted octanol–water partition coefficient (Wildman–Crippen LogP) is 3.55. The van der Waals surface area contributed by atoms with Crippen LogP contribution in [0.25, 0.3) is 11.3 Å².